The molecular weight excluding hydrogens is 244 g/mol. The van der Waals surface area contributed by atoms with E-state index in [4.69, 9.17) is 16.3 Å². The van der Waals surface area contributed by atoms with Crippen molar-refractivity contribution < 1.29 is 9.53 Å². The minimum Gasteiger partial charge on any atom is -0.490 e. The molecule has 6 nitrogen and oxygen atoms in total. The summed E-state index contributed by atoms with van der Waals surface area (Å²) in [6.07, 6.45) is 3.44. The number of halogens is 1. The Morgan fingerprint density at radius 2 is 2.35 bits per heavy atom. The summed E-state index contributed by atoms with van der Waals surface area (Å²) >= 11 is 5.82. The van der Waals surface area contributed by atoms with Crippen LogP contribution >= 0.6 is 11.6 Å². The summed E-state index contributed by atoms with van der Waals surface area (Å²) in [5.41, 5.74) is 0. The molecular formula is C10H13ClN4O2. The fourth-order valence-corrected chi connectivity index (χ4v) is 1.54. The van der Waals surface area contributed by atoms with Crippen molar-refractivity contribution in [3.05, 3.63) is 11.5 Å². The second-order valence-corrected chi connectivity index (χ2v) is 4.10. The zero-order chi connectivity index (χ0) is 12.3. The summed E-state index contributed by atoms with van der Waals surface area (Å²) in [7, 11) is 1.47. The largest absolute Gasteiger partial charge is 0.490 e. The summed E-state index contributed by atoms with van der Waals surface area (Å²) in [4.78, 5) is 19.2. The monoisotopic (exact) mass is 256 g/mol. The molecule has 0 unspecified atom stereocenters. The minimum absolute atomic E-state index is 0.0655. The van der Waals surface area contributed by atoms with E-state index < -0.39 is 0 Å². The maximum atomic E-state index is 11.5. The molecule has 17 heavy (non-hydrogen) atoms. The van der Waals surface area contributed by atoms with Gasteiger partial charge in [-0.15, -0.1) is 0 Å². The van der Waals surface area contributed by atoms with Crippen LogP contribution in [0.4, 0.5) is 5.82 Å². The summed E-state index contributed by atoms with van der Waals surface area (Å²) in [6, 6.07) is 0.347. The molecule has 1 heterocycles. The molecule has 1 amide bonds. The third-order valence-electron chi connectivity index (χ3n) is 2.32. The molecule has 1 saturated carbocycles. The topological polar surface area (TPSA) is 76.1 Å². The highest BCUT2D eigenvalue weighted by molar-refractivity contribution is 6.31. The molecule has 0 bridgehead atoms. The molecule has 0 radical (unpaired) electrons. The van der Waals surface area contributed by atoms with Gasteiger partial charge in [0.1, 0.15) is 6.33 Å². The summed E-state index contributed by atoms with van der Waals surface area (Å²) in [5.74, 6) is 0.691. The van der Waals surface area contributed by atoms with E-state index in [9.17, 15) is 4.79 Å². The quantitative estimate of drug-likeness (QED) is 0.763. The van der Waals surface area contributed by atoms with Crippen molar-refractivity contribution in [1.82, 2.24) is 15.3 Å². The number of nitrogens with zero attached hydrogens (tertiary/aromatic N) is 2. The van der Waals surface area contributed by atoms with Crippen molar-refractivity contribution in [1.29, 1.82) is 0 Å². The number of hydrogen-bond acceptors (Lipinski definition) is 5. The van der Waals surface area contributed by atoms with Gasteiger partial charge in [-0.2, -0.15) is 0 Å². The van der Waals surface area contributed by atoms with Gasteiger partial charge in [0.05, 0.1) is 13.7 Å². The van der Waals surface area contributed by atoms with Crippen LogP contribution in [0, 0.1) is 0 Å². The molecule has 7 heteroatoms. The van der Waals surface area contributed by atoms with Crippen molar-refractivity contribution in [2.24, 2.45) is 0 Å². The highest BCUT2D eigenvalue weighted by Gasteiger charge is 2.23. The average Bonchev–Trinajstić information content (AvgIpc) is 3.10. The molecule has 0 spiro atoms. The molecule has 1 fully saturated rings. The fraction of sp³-hybridized carbons (Fsp3) is 0.500. The van der Waals surface area contributed by atoms with Crippen molar-refractivity contribution >= 4 is 23.3 Å². The highest BCUT2D eigenvalue weighted by Crippen LogP contribution is 2.28. The van der Waals surface area contributed by atoms with Gasteiger partial charge in [0.15, 0.2) is 16.7 Å². The number of carbonyl (C=O) groups excluding carboxylic acids is 1. The van der Waals surface area contributed by atoms with Crippen molar-refractivity contribution in [2.75, 3.05) is 19.0 Å². The fourth-order valence-electron chi connectivity index (χ4n) is 1.33. The number of hydrogen-bond donors (Lipinski definition) is 2. The molecule has 2 rings (SSSR count). The van der Waals surface area contributed by atoms with Gasteiger partial charge < -0.3 is 15.4 Å². The molecule has 1 aliphatic carbocycles. The van der Waals surface area contributed by atoms with Gasteiger partial charge in [-0.3, -0.25) is 4.79 Å². The second kappa shape index (κ2) is 5.18. The number of rotatable bonds is 5. The Balaban J connectivity index is 1.93. The summed E-state index contributed by atoms with van der Waals surface area (Å²) in [6.45, 7) is 0.139. The van der Waals surface area contributed by atoms with Crippen LogP contribution in [0.25, 0.3) is 0 Å². The van der Waals surface area contributed by atoms with Crippen LogP contribution in [-0.2, 0) is 4.79 Å². The molecule has 1 aromatic rings. The predicted octanol–water partition coefficient (Wildman–Crippen LogP) is 0.829. The van der Waals surface area contributed by atoms with E-state index in [0.717, 1.165) is 12.8 Å². The Morgan fingerprint density at radius 3 is 3.00 bits per heavy atom. The number of aromatic nitrogens is 2. The number of carbonyl (C=O) groups is 1. The van der Waals surface area contributed by atoms with Gasteiger partial charge in [0.25, 0.3) is 0 Å². The second-order valence-electron chi connectivity index (χ2n) is 3.74. The number of anilines is 1. The van der Waals surface area contributed by atoms with E-state index in [1.807, 2.05) is 0 Å². The third-order valence-corrected chi connectivity index (χ3v) is 2.59. The minimum atomic E-state index is -0.0655. The first-order chi connectivity index (χ1) is 8.20. The molecule has 0 aliphatic heterocycles. The first-order valence-electron chi connectivity index (χ1n) is 5.28. The Hall–Kier alpha value is -1.56. The molecule has 0 atom stereocenters. The SMILES string of the molecule is COc1c(Cl)ncnc1NCC(=O)NC1CC1. The highest BCUT2D eigenvalue weighted by atomic mass is 35.5. The maximum absolute atomic E-state index is 11.5. The number of methoxy groups -OCH3 is 1. The molecule has 1 aromatic heterocycles. The number of amides is 1. The van der Waals surface area contributed by atoms with Crippen molar-refractivity contribution in [2.45, 2.75) is 18.9 Å². The lowest BCUT2D eigenvalue weighted by molar-refractivity contribution is -0.119. The summed E-state index contributed by atoms with van der Waals surface area (Å²) in [5, 5.41) is 5.94. The Bertz CT molecular complexity index is 423. The van der Waals surface area contributed by atoms with Gasteiger partial charge in [0, 0.05) is 6.04 Å². The standard InChI is InChI=1S/C10H13ClN4O2/c1-17-8-9(11)13-5-14-10(8)12-4-7(16)15-6-2-3-6/h5-6H,2-4H2,1H3,(H,15,16)(H,12,13,14). The van der Waals surface area contributed by atoms with Crippen LogP contribution in [0.5, 0.6) is 5.75 Å². The molecule has 0 saturated heterocycles. The Morgan fingerprint density at radius 1 is 1.59 bits per heavy atom. The van der Waals surface area contributed by atoms with Crippen LogP contribution in [-0.4, -0.2) is 35.6 Å². The van der Waals surface area contributed by atoms with Gasteiger partial charge in [-0.05, 0) is 12.8 Å². The van der Waals surface area contributed by atoms with E-state index >= 15 is 0 Å². The third kappa shape index (κ3) is 3.20. The molecule has 2 N–H and O–H groups in total. The van der Waals surface area contributed by atoms with Crippen LogP contribution < -0.4 is 15.4 Å². The van der Waals surface area contributed by atoms with Crippen LogP contribution in [0.15, 0.2) is 6.33 Å². The molecule has 0 aromatic carbocycles. The zero-order valence-electron chi connectivity index (χ0n) is 9.36. The average molecular weight is 257 g/mol. The van der Waals surface area contributed by atoms with Gasteiger partial charge >= 0.3 is 0 Å². The van der Waals surface area contributed by atoms with Crippen LogP contribution in [0.1, 0.15) is 12.8 Å². The predicted molar refractivity (Wildman–Crippen MR) is 63.2 cm³/mol. The van der Waals surface area contributed by atoms with Crippen LogP contribution in [0.2, 0.25) is 5.15 Å². The smallest absolute Gasteiger partial charge is 0.239 e. The maximum Gasteiger partial charge on any atom is 0.239 e. The van der Waals surface area contributed by atoms with E-state index in [1.54, 1.807) is 0 Å². The van der Waals surface area contributed by atoms with Gasteiger partial charge in [-0.25, -0.2) is 9.97 Å². The lowest BCUT2D eigenvalue weighted by Gasteiger charge is -2.10. The summed E-state index contributed by atoms with van der Waals surface area (Å²) < 4.78 is 5.05. The zero-order valence-corrected chi connectivity index (χ0v) is 10.1. The first kappa shape index (κ1) is 11.9. The first-order valence-corrected chi connectivity index (χ1v) is 5.66. The van der Waals surface area contributed by atoms with Crippen molar-refractivity contribution in [3.8, 4) is 5.75 Å². The van der Waals surface area contributed by atoms with E-state index in [0.29, 0.717) is 17.6 Å². The number of nitrogens with one attached hydrogen (secondary N) is 2. The van der Waals surface area contributed by atoms with E-state index in [1.165, 1.54) is 13.4 Å². The molecule has 1 aliphatic rings. The number of ether oxygens (including phenoxy) is 1. The van der Waals surface area contributed by atoms with Crippen molar-refractivity contribution in [3.63, 3.8) is 0 Å². The lowest BCUT2D eigenvalue weighted by Crippen LogP contribution is -2.31. The van der Waals surface area contributed by atoms with Gasteiger partial charge in [0.2, 0.25) is 5.91 Å². The molecule has 92 valence electrons. The normalized spacial score (nSPS) is 14.2. The Labute approximate surface area is 104 Å². The van der Waals surface area contributed by atoms with Crippen LogP contribution in [0.3, 0.4) is 0 Å². The van der Waals surface area contributed by atoms with E-state index in [-0.39, 0.29) is 17.6 Å². The lowest BCUT2D eigenvalue weighted by atomic mass is 10.4. The van der Waals surface area contributed by atoms with Gasteiger partial charge in [-0.1, -0.05) is 11.6 Å². The Kier molecular flexibility index (Phi) is 3.63. The van der Waals surface area contributed by atoms with E-state index in [2.05, 4.69) is 20.6 Å².